The molecule has 0 radical (unpaired) electrons. The fourth-order valence-corrected chi connectivity index (χ4v) is 2.66. The second-order valence-electron chi connectivity index (χ2n) is 3.88. The number of hydrogen-bond acceptors (Lipinski definition) is 3. The maximum atomic E-state index is 11.8. The minimum atomic E-state index is 0.0192. The molecule has 0 saturated heterocycles. The lowest BCUT2D eigenvalue weighted by Gasteiger charge is -2.05. The summed E-state index contributed by atoms with van der Waals surface area (Å²) in [4.78, 5) is 14.1. The van der Waals surface area contributed by atoms with E-state index >= 15 is 0 Å². The van der Waals surface area contributed by atoms with Crippen molar-refractivity contribution in [3.8, 4) is 0 Å². The molecule has 19 heavy (non-hydrogen) atoms. The molecule has 0 aliphatic rings. The van der Waals surface area contributed by atoms with E-state index in [1.807, 2.05) is 60.9 Å². The van der Waals surface area contributed by atoms with Gasteiger partial charge in [-0.05, 0) is 42.7 Å². The number of nitrogens with one attached hydrogen (secondary N) is 1. The lowest BCUT2D eigenvalue weighted by atomic mass is 10.3. The molecule has 0 fully saturated rings. The van der Waals surface area contributed by atoms with Gasteiger partial charge in [0.25, 0.3) is 0 Å². The van der Waals surface area contributed by atoms with Gasteiger partial charge in [0.15, 0.2) is 0 Å². The molecular weight excluding hydrogens is 274 g/mol. The van der Waals surface area contributed by atoms with Crippen LogP contribution in [0.2, 0.25) is 0 Å². The molecule has 0 aliphatic heterocycles. The first-order valence-electron chi connectivity index (χ1n) is 5.89. The van der Waals surface area contributed by atoms with Crippen molar-refractivity contribution >= 4 is 35.1 Å². The maximum absolute atomic E-state index is 11.8. The van der Waals surface area contributed by atoms with Gasteiger partial charge in [0.05, 0.1) is 5.75 Å². The Morgan fingerprint density at radius 1 is 1.00 bits per heavy atom. The molecule has 0 spiro atoms. The molecule has 0 heterocycles. The third-order valence-corrected chi connectivity index (χ3v) is 4.24. The quantitative estimate of drug-likeness (QED) is 0.839. The molecule has 2 rings (SSSR count). The Bertz CT molecular complexity index is 526. The number of amides is 1. The van der Waals surface area contributed by atoms with Gasteiger partial charge >= 0.3 is 0 Å². The molecule has 0 bridgehead atoms. The second kappa shape index (κ2) is 7.26. The summed E-state index contributed by atoms with van der Waals surface area (Å²) in [5.41, 5.74) is 0.844. The average Bonchev–Trinajstić information content (AvgIpc) is 2.47. The van der Waals surface area contributed by atoms with Crippen LogP contribution in [0.3, 0.4) is 0 Å². The van der Waals surface area contributed by atoms with Crippen molar-refractivity contribution < 1.29 is 4.79 Å². The topological polar surface area (TPSA) is 29.1 Å². The van der Waals surface area contributed by atoms with Gasteiger partial charge in [-0.1, -0.05) is 18.2 Å². The number of hydrogen-bond donors (Lipinski definition) is 1. The summed E-state index contributed by atoms with van der Waals surface area (Å²) >= 11 is 3.23. The number of rotatable bonds is 5. The molecule has 0 aromatic heterocycles. The molecule has 1 N–H and O–H groups in total. The molecule has 0 atom stereocenters. The van der Waals surface area contributed by atoms with Gasteiger partial charge in [-0.25, -0.2) is 0 Å². The fraction of sp³-hybridized carbons (Fsp3) is 0.133. The van der Waals surface area contributed by atoms with Crippen LogP contribution in [0.4, 0.5) is 5.69 Å². The van der Waals surface area contributed by atoms with Gasteiger partial charge in [-0.3, -0.25) is 4.79 Å². The van der Waals surface area contributed by atoms with Crippen molar-refractivity contribution in [2.45, 2.75) is 9.79 Å². The molecule has 1 amide bonds. The van der Waals surface area contributed by atoms with Crippen LogP contribution in [0.1, 0.15) is 0 Å². The molecule has 0 saturated carbocycles. The van der Waals surface area contributed by atoms with Crippen LogP contribution in [0, 0.1) is 0 Å². The van der Waals surface area contributed by atoms with E-state index in [1.54, 1.807) is 11.8 Å². The number of thioether (sulfide) groups is 2. The van der Waals surface area contributed by atoms with Crippen LogP contribution in [0.5, 0.6) is 0 Å². The van der Waals surface area contributed by atoms with E-state index in [-0.39, 0.29) is 5.91 Å². The van der Waals surface area contributed by atoms with Crippen molar-refractivity contribution in [2.24, 2.45) is 0 Å². The van der Waals surface area contributed by atoms with Gasteiger partial charge < -0.3 is 5.32 Å². The number of carbonyl (C=O) groups is 1. The van der Waals surface area contributed by atoms with Crippen molar-refractivity contribution in [3.05, 3.63) is 54.6 Å². The molecule has 2 aromatic carbocycles. The molecule has 2 nitrogen and oxygen atoms in total. The van der Waals surface area contributed by atoms with Crippen LogP contribution in [0.15, 0.2) is 64.4 Å². The van der Waals surface area contributed by atoms with E-state index in [4.69, 9.17) is 0 Å². The van der Waals surface area contributed by atoms with Gasteiger partial charge in [0.2, 0.25) is 5.91 Å². The van der Waals surface area contributed by atoms with Crippen LogP contribution in [0.25, 0.3) is 0 Å². The predicted molar refractivity (Wildman–Crippen MR) is 84.0 cm³/mol. The largest absolute Gasteiger partial charge is 0.325 e. The van der Waals surface area contributed by atoms with Gasteiger partial charge in [0, 0.05) is 15.5 Å². The molecule has 0 unspecified atom stereocenters. The zero-order valence-electron chi connectivity index (χ0n) is 10.6. The van der Waals surface area contributed by atoms with E-state index in [9.17, 15) is 4.79 Å². The van der Waals surface area contributed by atoms with Crippen molar-refractivity contribution in [2.75, 3.05) is 17.3 Å². The molecule has 0 aliphatic carbocycles. The first kappa shape index (κ1) is 14.0. The highest BCUT2D eigenvalue weighted by Gasteiger charge is 2.03. The van der Waals surface area contributed by atoms with Crippen LogP contribution >= 0.6 is 23.5 Å². The van der Waals surface area contributed by atoms with Gasteiger partial charge in [0.1, 0.15) is 0 Å². The van der Waals surface area contributed by atoms with E-state index in [0.29, 0.717) is 5.75 Å². The summed E-state index contributed by atoms with van der Waals surface area (Å²) in [5.74, 6) is 0.444. The highest BCUT2D eigenvalue weighted by atomic mass is 32.2. The summed E-state index contributed by atoms with van der Waals surface area (Å²) in [6.07, 6.45) is 2.03. The smallest absolute Gasteiger partial charge is 0.234 e. The highest BCUT2D eigenvalue weighted by molar-refractivity contribution is 8.00. The molecule has 4 heteroatoms. The van der Waals surface area contributed by atoms with E-state index in [1.165, 1.54) is 16.7 Å². The minimum absolute atomic E-state index is 0.0192. The second-order valence-corrected chi connectivity index (χ2v) is 5.81. The lowest BCUT2D eigenvalue weighted by Crippen LogP contribution is -2.13. The third kappa shape index (κ3) is 4.65. The Kier molecular flexibility index (Phi) is 5.36. The average molecular weight is 289 g/mol. The number of anilines is 1. The van der Waals surface area contributed by atoms with Crippen molar-refractivity contribution in [3.63, 3.8) is 0 Å². The van der Waals surface area contributed by atoms with E-state index in [0.717, 1.165) is 10.6 Å². The summed E-state index contributed by atoms with van der Waals surface area (Å²) in [5, 5.41) is 2.89. The molecule has 98 valence electrons. The van der Waals surface area contributed by atoms with E-state index in [2.05, 4.69) is 5.32 Å². The molecular formula is C15H15NOS2. The standard InChI is InChI=1S/C15H15NOS2/c1-18-13-9-7-12(8-10-13)16-15(17)11-19-14-5-3-2-4-6-14/h2-10H,11H2,1H3,(H,16,17). The summed E-state index contributed by atoms with van der Waals surface area (Å²) in [7, 11) is 0. The Labute approximate surface area is 122 Å². The summed E-state index contributed by atoms with van der Waals surface area (Å²) in [6.45, 7) is 0. The first-order chi connectivity index (χ1) is 9.28. The monoisotopic (exact) mass is 289 g/mol. The zero-order valence-corrected chi connectivity index (χ0v) is 12.3. The summed E-state index contributed by atoms with van der Waals surface area (Å²) in [6, 6.07) is 17.8. The molecule has 2 aromatic rings. The van der Waals surface area contributed by atoms with Gasteiger partial charge in [-0.2, -0.15) is 0 Å². The fourth-order valence-electron chi connectivity index (χ4n) is 1.54. The SMILES string of the molecule is CSc1ccc(NC(=O)CSc2ccccc2)cc1. The van der Waals surface area contributed by atoms with Crippen molar-refractivity contribution in [1.29, 1.82) is 0 Å². The van der Waals surface area contributed by atoms with Gasteiger partial charge in [-0.15, -0.1) is 23.5 Å². The minimum Gasteiger partial charge on any atom is -0.325 e. The number of carbonyl (C=O) groups excluding carboxylic acids is 1. The summed E-state index contributed by atoms with van der Waals surface area (Å²) < 4.78 is 0. The zero-order chi connectivity index (χ0) is 13.5. The third-order valence-electron chi connectivity index (χ3n) is 2.49. The van der Waals surface area contributed by atoms with Crippen LogP contribution in [-0.4, -0.2) is 17.9 Å². The lowest BCUT2D eigenvalue weighted by molar-refractivity contribution is -0.113. The Morgan fingerprint density at radius 2 is 1.68 bits per heavy atom. The van der Waals surface area contributed by atoms with Crippen molar-refractivity contribution in [1.82, 2.24) is 0 Å². The Balaban J connectivity index is 1.83. The van der Waals surface area contributed by atoms with E-state index < -0.39 is 0 Å². The Hall–Kier alpha value is -1.39. The highest BCUT2D eigenvalue weighted by Crippen LogP contribution is 2.19. The number of benzene rings is 2. The maximum Gasteiger partial charge on any atom is 0.234 e. The first-order valence-corrected chi connectivity index (χ1v) is 8.11. The predicted octanol–water partition coefficient (Wildman–Crippen LogP) is 4.14. The van der Waals surface area contributed by atoms with Crippen LogP contribution < -0.4 is 5.32 Å². The Morgan fingerprint density at radius 3 is 2.32 bits per heavy atom. The van der Waals surface area contributed by atoms with Crippen LogP contribution in [-0.2, 0) is 4.79 Å². The normalized spacial score (nSPS) is 10.2.